The van der Waals surface area contributed by atoms with Crippen LogP contribution in [-0.4, -0.2) is 22.6 Å². The molecule has 1 fully saturated rings. The number of amides is 1. The van der Waals surface area contributed by atoms with Gasteiger partial charge in [-0.2, -0.15) is 12.6 Å². The van der Waals surface area contributed by atoms with Gasteiger partial charge in [-0.15, -0.1) is 0 Å². The highest BCUT2D eigenvalue weighted by atomic mass is 32.1. The van der Waals surface area contributed by atoms with E-state index in [0.717, 1.165) is 13.1 Å². The molecule has 16 heavy (non-hydrogen) atoms. The SMILES string of the molecule is Cc1cc(C)cc(CN2CC(S)CC2=O)c1. The van der Waals surface area contributed by atoms with Crippen molar-refractivity contribution in [2.75, 3.05) is 6.54 Å². The van der Waals surface area contributed by atoms with E-state index in [4.69, 9.17) is 0 Å². The monoisotopic (exact) mass is 235 g/mol. The fourth-order valence-corrected chi connectivity index (χ4v) is 2.64. The minimum Gasteiger partial charge on any atom is -0.337 e. The fraction of sp³-hybridized carbons (Fsp3) is 0.462. The van der Waals surface area contributed by atoms with Gasteiger partial charge in [-0.05, 0) is 19.4 Å². The van der Waals surface area contributed by atoms with Gasteiger partial charge in [-0.1, -0.05) is 29.3 Å². The molecule has 0 radical (unpaired) electrons. The number of nitrogens with zero attached hydrogens (tertiary/aromatic N) is 1. The van der Waals surface area contributed by atoms with Crippen molar-refractivity contribution >= 4 is 18.5 Å². The standard InChI is InChI=1S/C13H17NOS/c1-9-3-10(2)5-11(4-9)7-14-8-12(16)6-13(14)15/h3-5,12,16H,6-8H2,1-2H3. The van der Waals surface area contributed by atoms with Gasteiger partial charge in [0.15, 0.2) is 0 Å². The lowest BCUT2D eigenvalue weighted by atomic mass is 10.1. The van der Waals surface area contributed by atoms with E-state index < -0.39 is 0 Å². The first kappa shape index (κ1) is 11.5. The molecule has 2 nitrogen and oxygen atoms in total. The van der Waals surface area contributed by atoms with Crippen LogP contribution in [0.2, 0.25) is 0 Å². The molecular formula is C13H17NOS. The summed E-state index contributed by atoms with van der Waals surface area (Å²) in [4.78, 5) is 13.5. The maximum atomic E-state index is 11.6. The van der Waals surface area contributed by atoms with Crippen LogP contribution >= 0.6 is 12.6 Å². The Balaban J connectivity index is 2.12. The number of likely N-dealkylation sites (tertiary alicyclic amines) is 1. The highest BCUT2D eigenvalue weighted by Crippen LogP contribution is 2.19. The Labute approximate surface area is 102 Å². The molecule has 0 aliphatic carbocycles. The normalized spacial score (nSPS) is 20.6. The average molecular weight is 235 g/mol. The average Bonchev–Trinajstić information content (AvgIpc) is 2.43. The molecule has 1 heterocycles. The fourth-order valence-electron chi connectivity index (χ4n) is 2.28. The number of thiol groups is 1. The topological polar surface area (TPSA) is 20.3 Å². The number of aryl methyl sites for hydroxylation is 2. The number of hydrogen-bond acceptors (Lipinski definition) is 2. The second kappa shape index (κ2) is 4.50. The van der Waals surface area contributed by atoms with Gasteiger partial charge in [0.1, 0.15) is 0 Å². The largest absolute Gasteiger partial charge is 0.337 e. The van der Waals surface area contributed by atoms with Gasteiger partial charge in [0, 0.05) is 24.8 Å². The Morgan fingerprint density at radius 3 is 2.44 bits per heavy atom. The first-order valence-corrected chi connectivity index (χ1v) is 6.09. The van der Waals surface area contributed by atoms with Crippen LogP contribution in [-0.2, 0) is 11.3 Å². The number of rotatable bonds is 2. The maximum Gasteiger partial charge on any atom is 0.224 e. The molecule has 86 valence electrons. The number of carbonyl (C=O) groups is 1. The molecule has 1 amide bonds. The van der Waals surface area contributed by atoms with E-state index in [1.165, 1.54) is 16.7 Å². The van der Waals surface area contributed by atoms with Crippen molar-refractivity contribution < 1.29 is 4.79 Å². The smallest absolute Gasteiger partial charge is 0.224 e. The first-order chi connectivity index (χ1) is 7.54. The van der Waals surface area contributed by atoms with Crippen LogP contribution in [0.4, 0.5) is 0 Å². The van der Waals surface area contributed by atoms with Gasteiger partial charge in [0.05, 0.1) is 0 Å². The van der Waals surface area contributed by atoms with Gasteiger partial charge in [-0.25, -0.2) is 0 Å². The second-order valence-electron chi connectivity index (χ2n) is 4.63. The second-order valence-corrected chi connectivity index (χ2v) is 5.36. The lowest BCUT2D eigenvalue weighted by molar-refractivity contribution is -0.128. The van der Waals surface area contributed by atoms with E-state index >= 15 is 0 Å². The lowest BCUT2D eigenvalue weighted by Gasteiger charge is -2.16. The highest BCUT2D eigenvalue weighted by Gasteiger charge is 2.26. The molecule has 3 heteroatoms. The molecule has 1 aliphatic heterocycles. The molecule has 0 saturated carbocycles. The zero-order chi connectivity index (χ0) is 11.7. The molecule has 0 bridgehead atoms. The van der Waals surface area contributed by atoms with Crippen molar-refractivity contribution in [3.05, 3.63) is 34.9 Å². The first-order valence-electron chi connectivity index (χ1n) is 5.57. The summed E-state index contributed by atoms with van der Waals surface area (Å²) >= 11 is 4.36. The zero-order valence-corrected chi connectivity index (χ0v) is 10.6. The summed E-state index contributed by atoms with van der Waals surface area (Å²) in [7, 11) is 0. The molecule has 0 N–H and O–H groups in total. The van der Waals surface area contributed by atoms with Crippen LogP contribution in [0.15, 0.2) is 18.2 Å². The Morgan fingerprint density at radius 1 is 1.31 bits per heavy atom. The molecule has 1 aromatic carbocycles. The van der Waals surface area contributed by atoms with Crippen LogP contribution in [0.1, 0.15) is 23.1 Å². The summed E-state index contributed by atoms with van der Waals surface area (Å²) in [5, 5.41) is 0.207. The molecule has 0 aromatic heterocycles. The van der Waals surface area contributed by atoms with Gasteiger partial charge in [-0.3, -0.25) is 4.79 Å². The molecule has 0 spiro atoms. The van der Waals surface area contributed by atoms with Crippen LogP contribution < -0.4 is 0 Å². The van der Waals surface area contributed by atoms with Crippen LogP contribution in [0.25, 0.3) is 0 Å². The van der Waals surface area contributed by atoms with Crippen molar-refractivity contribution in [2.24, 2.45) is 0 Å². The summed E-state index contributed by atoms with van der Waals surface area (Å²) < 4.78 is 0. The third-order valence-corrected chi connectivity index (χ3v) is 3.19. The van der Waals surface area contributed by atoms with Crippen LogP contribution in [0, 0.1) is 13.8 Å². The van der Waals surface area contributed by atoms with Gasteiger partial charge in [0.2, 0.25) is 5.91 Å². The van der Waals surface area contributed by atoms with E-state index in [1.54, 1.807) is 0 Å². The molecule has 1 saturated heterocycles. The van der Waals surface area contributed by atoms with E-state index in [2.05, 4.69) is 44.7 Å². The summed E-state index contributed by atoms with van der Waals surface area (Å²) in [5.41, 5.74) is 3.72. The summed E-state index contributed by atoms with van der Waals surface area (Å²) in [6.45, 7) is 5.67. The van der Waals surface area contributed by atoms with Crippen molar-refractivity contribution in [3.8, 4) is 0 Å². The Kier molecular flexibility index (Phi) is 3.24. The minimum atomic E-state index is 0.207. The Morgan fingerprint density at radius 2 is 1.94 bits per heavy atom. The summed E-state index contributed by atoms with van der Waals surface area (Å²) in [6.07, 6.45) is 0.577. The van der Waals surface area contributed by atoms with Gasteiger partial charge < -0.3 is 4.90 Å². The van der Waals surface area contributed by atoms with Crippen molar-refractivity contribution in [1.82, 2.24) is 4.90 Å². The number of hydrogen-bond donors (Lipinski definition) is 1. The van der Waals surface area contributed by atoms with Gasteiger partial charge >= 0.3 is 0 Å². The molecular weight excluding hydrogens is 218 g/mol. The van der Waals surface area contributed by atoms with E-state index in [1.807, 2.05) is 4.90 Å². The molecule has 2 rings (SSSR count). The highest BCUT2D eigenvalue weighted by molar-refractivity contribution is 7.81. The van der Waals surface area contributed by atoms with E-state index in [-0.39, 0.29) is 11.2 Å². The maximum absolute atomic E-state index is 11.6. The minimum absolute atomic E-state index is 0.207. The van der Waals surface area contributed by atoms with Crippen molar-refractivity contribution in [2.45, 2.75) is 32.1 Å². The molecule has 1 aliphatic rings. The van der Waals surface area contributed by atoms with Gasteiger partial charge in [0.25, 0.3) is 0 Å². The third kappa shape index (κ3) is 2.59. The van der Waals surface area contributed by atoms with Crippen molar-refractivity contribution in [3.63, 3.8) is 0 Å². The predicted octanol–water partition coefficient (Wildman–Crippen LogP) is 2.33. The summed E-state index contributed by atoms with van der Waals surface area (Å²) in [5.74, 6) is 0.221. The van der Waals surface area contributed by atoms with Crippen LogP contribution in [0.3, 0.4) is 0 Å². The van der Waals surface area contributed by atoms with E-state index in [0.29, 0.717) is 6.42 Å². The predicted molar refractivity (Wildman–Crippen MR) is 68.7 cm³/mol. The third-order valence-electron chi connectivity index (χ3n) is 2.85. The van der Waals surface area contributed by atoms with E-state index in [9.17, 15) is 4.79 Å². The summed E-state index contributed by atoms with van der Waals surface area (Å²) in [6, 6.07) is 6.44. The molecule has 1 aromatic rings. The zero-order valence-electron chi connectivity index (χ0n) is 9.73. The number of benzene rings is 1. The van der Waals surface area contributed by atoms with Crippen LogP contribution in [0.5, 0.6) is 0 Å². The quantitative estimate of drug-likeness (QED) is 0.780. The molecule has 1 unspecified atom stereocenters. The Bertz CT molecular complexity index is 396. The molecule has 1 atom stereocenters. The van der Waals surface area contributed by atoms with Crippen molar-refractivity contribution in [1.29, 1.82) is 0 Å². The Hall–Kier alpha value is -0.960. The lowest BCUT2D eigenvalue weighted by Crippen LogP contribution is -2.24. The number of carbonyl (C=O) groups excluding carboxylic acids is 1.